The summed E-state index contributed by atoms with van der Waals surface area (Å²) in [7, 11) is 3.74. The van der Waals surface area contributed by atoms with Crippen LogP contribution in [0, 0.1) is 5.92 Å². The van der Waals surface area contributed by atoms with Crippen molar-refractivity contribution in [3.05, 3.63) is 29.8 Å². The van der Waals surface area contributed by atoms with Crippen molar-refractivity contribution < 1.29 is 4.74 Å². The molecular formula is C14H23NO. The van der Waals surface area contributed by atoms with Gasteiger partial charge < -0.3 is 10.1 Å². The highest BCUT2D eigenvalue weighted by molar-refractivity contribution is 5.27. The Labute approximate surface area is 99.0 Å². The Bertz CT molecular complexity index is 290. The molecule has 0 aliphatic heterocycles. The first-order valence-electron chi connectivity index (χ1n) is 6.01. The van der Waals surface area contributed by atoms with E-state index in [1.165, 1.54) is 12.0 Å². The van der Waals surface area contributed by atoms with Gasteiger partial charge in [-0.2, -0.15) is 0 Å². The van der Waals surface area contributed by atoms with Gasteiger partial charge in [0.05, 0.1) is 7.11 Å². The first-order chi connectivity index (χ1) is 7.71. The van der Waals surface area contributed by atoms with Gasteiger partial charge in [0.25, 0.3) is 0 Å². The van der Waals surface area contributed by atoms with Crippen LogP contribution in [0.2, 0.25) is 0 Å². The van der Waals surface area contributed by atoms with Gasteiger partial charge in [0.15, 0.2) is 0 Å². The van der Waals surface area contributed by atoms with Crippen LogP contribution >= 0.6 is 0 Å². The van der Waals surface area contributed by atoms with Crippen molar-refractivity contribution in [2.24, 2.45) is 5.92 Å². The van der Waals surface area contributed by atoms with Crippen LogP contribution in [0.4, 0.5) is 0 Å². The normalized spacial score (nSPS) is 14.5. The van der Waals surface area contributed by atoms with Crippen molar-refractivity contribution in [3.63, 3.8) is 0 Å². The largest absolute Gasteiger partial charge is 0.497 e. The highest BCUT2D eigenvalue weighted by atomic mass is 16.5. The van der Waals surface area contributed by atoms with Crippen LogP contribution in [-0.2, 0) is 6.42 Å². The molecule has 0 heterocycles. The first-order valence-corrected chi connectivity index (χ1v) is 6.01. The van der Waals surface area contributed by atoms with Crippen LogP contribution in [0.25, 0.3) is 0 Å². The quantitative estimate of drug-likeness (QED) is 0.797. The van der Waals surface area contributed by atoms with E-state index >= 15 is 0 Å². The summed E-state index contributed by atoms with van der Waals surface area (Å²) in [4.78, 5) is 0. The van der Waals surface area contributed by atoms with E-state index in [0.29, 0.717) is 12.0 Å². The molecular weight excluding hydrogens is 198 g/mol. The Kier molecular flexibility index (Phi) is 5.33. The Hall–Kier alpha value is -1.02. The molecule has 2 nitrogen and oxygen atoms in total. The number of rotatable bonds is 6. The predicted octanol–water partition coefficient (Wildman–Crippen LogP) is 2.87. The van der Waals surface area contributed by atoms with E-state index in [-0.39, 0.29) is 0 Å². The van der Waals surface area contributed by atoms with Gasteiger partial charge in [-0.1, -0.05) is 26.0 Å². The second-order valence-corrected chi connectivity index (χ2v) is 4.33. The number of hydrogen-bond acceptors (Lipinski definition) is 2. The van der Waals surface area contributed by atoms with E-state index in [4.69, 9.17) is 4.74 Å². The molecule has 2 unspecified atom stereocenters. The maximum Gasteiger partial charge on any atom is 0.118 e. The lowest BCUT2D eigenvalue weighted by Crippen LogP contribution is -2.32. The summed E-state index contributed by atoms with van der Waals surface area (Å²) in [6.07, 6.45) is 2.29. The molecule has 0 radical (unpaired) electrons. The average Bonchev–Trinajstić information content (AvgIpc) is 2.31. The molecule has 0 aliphatic rings. The third-order valence-corrected chi connectivity index (χ3v) is 3.21. The molecule has 2 heteroatoms. The molecule has 0 bridgehead atoms. The zero-order valence-corrected chi connectivity index (χ0v) is 10.8. The molecule has 16 heavy (non-hydrogen) atoms. The molecule has 90 valence electrons. The first kappa shape index (κ1) is 13.0. The molecule has 1 rings (SSSR count). The predicted molar refractivity (Wildman–Crippen MR) is 69.0 cm³/mol. The van der Waals surface area contributed by atoms with Gasteiger partial charge in [0.1, 0.15) is 5.75 Å². The van der Waals surface area contributed by atoms with Crippen LogP contribution < -0.4 is 10.1 Å². The van der Waals surface area contributed by atoms with Gasteiger partial charge in [-0.25, -0.2) is 0 Å². The molecule has 0 saturated heterocycles. The van der Waals surface area contributed by atoms with E-state index < -0.39 is 0 Å². The van der Waals surface area contributed by atoms with Crippen molar-refractivity contribution >= 4 is 0 Å². The van der Waals surface area contributed by atoms with Gasteiger partial charge in [-0.05, 0) is 43.5 Å². The molecule has 1 aromatic carbocycles. The summed E-state index contributed by atoms with van der Waals surface area (Å²) in [6.45, 7) is 4.53. The van der Waals surface area contributed by atoms with Crippen LogP contribution in [0.15, 0.2) is 24.3 Å². The molecule has 0 amide bonds. The van der Waals surface area contributed by atoms with Crippen LogP contribution in [0.1, 0.15) is 25.8 Å². The smallest absolute Gasteiger partial charge is 0.118 e. The van der Waals surface area contributed by atoms with Crippen LogP contribution in [0.3, 0.4) is 0 Å². The van der Waals surface area contributed by atoms with Crippen LogP contribution in [0.5, 0.6) is 5.75 Å². The molecule has 2 atom stereocenters. The van der Waals surface area contributed by atoms with E-state index in [9.17, 15) is 0 Å². The number of ether oxygens (including phenoxy) is 1. The lowest BCUT2D eigenvalue weighted by Gasteiger charge is -2.22. The Balaban J connectivity index is 2.58. The fraction of sp³-hybridized carbons (Fsp3) is 0.571. The van der Waals surface area contributed by atoms with Gasteiger partial charge in [0, 0.05) is 6.04 Å². The third kappa shape index (κ3) is 3.53. The second-order valence-electron chi connectivity index (χ2n) is 4.33. The van der Waals surface area contributed by atoms with Gasteiger partial charge in [-0.15, -0.1) is 0 Å². The Morgan fingerprint density at radius 3 is 2.31 bits per heavy atom. The summed E-state index contributed by atoms with van der Waals surface area (Å²) in [6, 6.07) is 8.96. The summed E-state index contributed by atoms with van der Waals surface area (Å²) < 4.78 is 5.15. The van der Waals surface area contributed by atoms with Gasteiger partial charge in [-0.3, -0.25) is 0 Å². The van der Waals surface area contributed by atoms with Gasteiger partial charge >= 0.3 is 0 Å². The molecule has 0 spiro atoms. The number of methoxy groups -OCH3 is 1. The fourth-order valence-electron chi connectivity index (χ4n) is 2.17. The number of nitrogens with one attached hydrogen (secondary N) is 1. The van der Waals surface area contributed by atoms with Crippen molar-refractivity contribution in [1.29, 1.82) is 0 Å². The van der Waals surface area contributed by atoms with Crippen LogP contribution in [-0.4, -0.2) is 20.2 Å². The van der Waals surface area contributed by atoms with E-state index in [1.54, 1.807) is 7.11 Å². The molecule has 0 fully saturated rings. The molecule has 0 saturated carbocycles. The lowest BCUT2D eigenvalue weighted by atomic mass is 9.92. The minimum absolute atomic E-state index is 0.599. The minimum Gasteiger partial charge on any atom is -0.497 e. The molecule has 0 aromatic heterocycles. The van der Waals surface area contributed by atoms with E-state index in [1.807, 2.05) is 19.2 Å². The minimum atomic E-state index is 0.599. The zero-order chi connectivity index (χ0) is 12.0. The lowest BCUT2D eigenvalue weighted by molar-refractivity contribution is 0.386. The second kappa shape index (κ2) is 6.54. The maximum atomic E-state index is 5.15. The SMILES string of the molecule is CCC(NC)C(C)Cc1ccc(OC)cc1. The molecule has 1 N–H and O–H groups in total. The maximum absolute atomic E-state index is 5.15. The van der Waals surface area contributed by atoms with Crippen molar-refractivity contribution in [3.8, 4) is 5.75 Å². The summed E-state index contributed by atoms with van der Waals surface area (Å²) >= 11 is 0. The molecule has 1 aromatic rings. The Morgan fingerprint density at radius 1 is 1.25 bits per heavy atom. The van der Waals surface area contributed by atoms with Gasteiger partial charge in [0.2, 0.25) is 0 Å². The highest BCUT2D eigenvalue weighted by Crippen LogP contribution is 2.17. The summed E-state index contributed by atoms with van der Waals surface area (Å²) in [5, 5.41) is 3.37. The highest BCUT2D eigenvalue weighted by Gasteiger charge is 2.13. The molecule has 0 aliphatic carbocycles. The summed E-state index contributed by atoms with van der Waals surface area (Å²) in [5.41, 5.74) is 1.38. The topological polar surface area (TPSA) is 21.3 Å². The number of benzene rings is 1. The summed E-state index contributed by atoms with van der Waals surface area (Å²) in [5.74, 6) is 1.58. The Morgan fingerprint density at radius 2 is 1.88 bits per heavy atom. The standard InChI is InChI=1S/C14H23NO/c1-5-14(15-3)11(2)10-12-6-8-13(16-4)9-7-12/h6-9,11,14-15H,5,10H2,1-4H3. The average molecular weight is 221 g/mol. The monoisotopic (exact) mass is 221 g/mol. The van der Waals surface area contributed by atoms with Crippen molar-refractivity contribution in [2.75, 3.05) is 14.2 Å². The number of hydrogen-bond donors (Lipinski definition) is 1. The van der Waals surface area contributed by atoms with Crippen molar-refractivity contribution in [2.45, 2.75) is 32.7 Å². The third-order valence-electron chi connectivity index (χ3n) is 3.21. The fourth-order valence-corrected chi connectivity index (χ4v) is 2.17. The van der Waals surface area contributed by atoms with E-state index in [0.717, 1.165) is 12.2 Å². The van der Waals surface area contributed by atoms with Crippen molar-refractivity contribution in [1.82, 2.24) is 5.32 Å². The zero-order valence-electron chi connectivity index (χ0n) is 10.8. The van der Waals surface area contributed by atoms with E-state index in [2.05, 4.69) is 31.3 Å².